The molecule has 1 aliphatic carbocycles. The fourth-order valence-electron chi connectivity index (χ4n) is 2.07. The Kier molecular flexibility index (Phi) is 3.11. The van der Waals surface area contributed by atoms with E-state index in [2.05, 4.69) is 25.3 Å². The van der Waals surface area contributed by atoms with Crippen molar-refractivity contribution in [1.29, 1.82) is 0 Å². The minimum Gasteiger partial charge on any atom is -0.396 e. The summed E-state index contributed by atoms with van der Waals surface area (Å²) in [5, 5.41) is 17.8. The Labute approximate surface area is 79.0 Å². The molecule has 0 radical (unpaired) electrons. The van der Waals surface area contributed by atoms with Gasteiger partial charge in [0.1, 0.15) is 6.10 Å². The van der Waals surface area contributed by atoms with Gasteiger partial charge >= 0.3 is 0 Å². The van der Waals surface area contributed by atoms with E-state index in [4.69, 9.17) is 5.26 Å². The lowest BCUT2D eigenvalue weighted by molar-refractivity contribution is -0.276. The van der Waals surface area contributed by atoms with Gasteiger partial charge in [0.25, 0.3) is 0 Å². The molecule has 0 heterocycles. The largest absolute Gasteiger partial charge is 0.396 e. The van der Waals surface area contributed by atoms with Crippen molar-refractivity contribution in [2.75, 3.05) is 6.61 Å². The van der Waals surface area contributed by atoms with Crippen LogP contribution in [-0.2, 0) is 4.89 Å². The van der Waals surface area contributed by atoms with E-state index < -0.39 is 0 Å². The maximum atomic E-state index is 9.21. The summed E-state index contributed by atoms with van der Waals surface area (Å²) in [4.78, 5) is 4.32. The van der Waals surface area contributed by atoms with Crippen LogP contribution in [0, 0.1) is 11.3 Å². The molecular formula is C10H18O3. The lowest BCUT2D eigenvalue weighted by atomic mass is 9.66. The van der Waals surface area contributed by atoms with Crippen LogP contribution in [0.3, 0.4) is 0 Å². The van der Waals surface area contributed by atoms with Crippen molar-refractivity contribution in [2.45, 2.75) is 32.8 Å². The standard InChI is InChI=1S/C10H18O3/c1-7-8(6-11)10(2,3)5-4-9(7)13-12/h8-9,11-12H,1,4-6H2,2-3H3/t8-,9-/m1/s1. The van der Waals surface area contributed by atoms with E-state index >= 15 is 0 Å². The first-order valence-electron chi connectivity index (χ1n) is 4.62. The molecule has 0 bridgehead atoms. The van der Waals surface area contributed by atoms with Crippen molar-refractivity contribution in [3.8, 4) is 0 Å². The molecule has 3 nitrogen and oxygen atoms in total. The number of hydrogen-bond donors (Lipinski definition) is 2. The fraction of sp³-hybridized carbons (Fsp3) is 0.800. The highest BCUT2D eigenvalue weighted by molar-refractivity contribution is 5.14. The Bertz CT molecular complexity index is 198. The summed E-state index contributed by atoms with van der Waals surface area (Å²) in [6, 6.07) is 0. The number of hydrogen-bond acceptors (Lipinski definition) is 3. The van der Waals surface area contributed by atoms with Crippen LogP contribution in [0.25, 0.3) is 0 Å². The normalized spacial score (nSPS) is 33.4. The smallest absolute Gasteiger partial charge is 0.114 e. The molecule has 1 aliphatic rings. The van der Waals surface area contributed by atoms with E-state index in [0.29, 0.717) is 0 Å². The van der Waals surface area contributed by atoms with Crippen molar-refractivity contribution in [1.82, 2.24) is 0 Å². The number of aliphatic hydroxyl groups excluding tert-OH is 1. The first-order valence-corrected chi connectivity index (χ1v) is 4.62. The monoisotopic (exact) mass is 186 g/mol. The maximum Gasteiger partial charge on any atom is 0.114 e. The van der Waals surface area contributed by atoms with Gasteiger partial charge in [0.15, 0.2) is 0 Å². The Hall–Kier alpha value is -0.380. The van der Waals surface area contributed by atoms with Gasteiger partial charge in [-0.05, 0) is 23.8 Å². The lowest BCUT2D eigenvalue weighted by Crippen LogP contribution is -2.39. The SMILES string of the molecule is C=C1[C@@H](CO)C(C)(C)CC[C@H]1OO. The molecule has 0 saturated heterocycles. The third-order valence-electron chi connectivity index (χ3n) is 3.17. The van der Waals surface area contributed by atoms with Crippen molar-refractivity contribution in [3.05, 3.63) is 12.2 Å². The Morgan fingerprint density at radius 3 is 2.69 bits per heavy atom. The Balaban J connectivity index is 2.78. The fourth-order valence-corrected chi connectivity index (χ4v) is 2.07. The van der Waals surface area contributed by atoms with Gasteiger partial charge < -0.3 is 5.11 Å². The molecular weight excluding hydrogens is 168 g/mol. The zero-order chi connectivity index (χ0) is 10.1. The van der Waals surface area contributed by atoms with Crippen LogP contribution >= 0.6 is 0 Å². The summed E-state index contributed by atoms with van der Waals surface area (Å²) >= 11 is 0. The molecule has 0 aliphatic heterocycles. The minimum absolute atomic E-state index is 0.0263. The molecule has 2 atom stereocenters. The van der Waals surface area contributed by atoms with Crippen LogP contribution < -0.4 is 0 Å². The summed E-state index contributed by atoms with van der Waals surface area (Å²) < 4.78 is 0. The highest BCUT2D eigenvalue weighted by atomic mass is 17.1. The zero-order valence-corrected chi connectivity index (χ0v) is 8.29. The average Bonchev–Trinajstić information content (AvgIpc) is 2.04. The quantitative estimate of drug-likeness (QED) is 0.393. The first kappa shape index (κ1) is 10.7. The number of aliphatic hydroxyl groups is 1. The molecule has 1 saturated carbocycles. The second kappa shape index (κ2) is 3.78. The van der Waals surface area contributed by atoms with Crippen LogP contribution in [0.1, 0.15) is 26.7 Å². The molecule has 3 heteroatoms. The second-order valence-corrected chi connectivity index (χ2v) is 4.43. The van der Waals surface area contributed by atoms with Crippen LogP contribution in [0.15, 0.2) is 12.2 Å². The molecule has 0 spiro atoms. The lowest BCUT2D eigenvalue weighted by Gasteiger charge is -2.41. The van der Waals surface area contributed by atoms with Crippen LogP contribution in [0.5, 0.6) is 0 Å². The number of rotatable bonds is 2. The van der Waals surface area contributed by atoms with Crippen molar-refractivity contribution in [3.63, 3.8) is 0 Å². The first-order chi connectivity index (χ1) is 6.03. The summed E-state index contributed by atoms with van der Waals surface area (Å²) in [5.41, 5.74) is 0.863. The molecule has 0 amide bonds. The molecule has 1 fully saturated rings. The third kappa shape index (κ3) is 1.93. The molecule has 2 N–H and O–H groups in total. The topological polar surface area (TPSA) is 49.7 Å². The summed E-state index contributed by atoms with van der Waals surface area (Å²) in [5.74, 6) is 0.0263. The van der Waals surface area contributed by atoms with Gasteiger partial charge in [-0.2, -0.15) is 0 Å². The van der Waals surface area contributed by atoms with E-state index in [1.807, 2.05) is 0 Å². The van der Waals surface area contributed by atoms with Crippen molar-refractivity contribution >= 4 is 0 Å². The van der Waals surface area contributed by atoms with Crippen LogP contribution in [0.2, 0.25) is 0 Å². The van der Waals surface area contributed by atoms with E-state index in [1.54, 1.807) is 0 Å². The van der Waals surface area contributed by atoms with Gasteiger partial charge in [-0.25, -0.2) is 4.89 Å². The predicted octanol–water partition coefficient (Wildman–Crippen LogP) is 1.83. The van der Waals surface area contributed by atoms with E-state index in [-0.39, 0.29) is 24.0 Å². The summed E-state index contributed by atoms with van der Waals surface area (Å²) in [7, 11) is 0. The van der Waals surface area contributed by atoms with Crippen LogP contribution in [0.4, 0.5) is 0 Å². The Morgan fingerprint density at radius 1 is 1.62 bits per heavy atom. The van der Waals surface area contributed by atoms with E-state index in [9.17, 15) is 5.11 Å². The zero-order valence-electron chi connectivity index (χ0n) is 8.29. The van der Waals surface area contributed by atoms with Gasteiger partial charge in [-0.1, -0.05) is 20.4 Å². The molecule has 76 valence electrons. The third-order valence-corrected chi connectivity index (χ3v) is 3.17. The molecule has 0 aromatic rings. The molecule has 1 rings (SSSR count). The van der Waals surface area contributed by atoms with E-state index in [0.717, 1.165) is 18.4 Å². The van der Waals surface area contributed by atoms with Gasteiger partial charge in [-0.3, -0.25) is 5.26 Å². The van der Waals surface area contributed by atoms with Gasteiger partial charge in [0.2, 0.25) is 0 Å². The van der Waals surface area contributed by atoms with Gasteiger partial charge in [0.05, 0.1) is 6.61 Å². The Morgan fingerprint density at radius 2 is 2.23 bits per heavy atom. The summed E-state index contributed by atoms with van der Waals surface area (Å²) in [6.07, 6.45) is 1.41. The highest BCUT2D eigenvalue weighted by Crippen LogP contribution is 2.43. The second-order valence-electron chi connectivity index (χ2n) is 4.43. The van der Waals surface area contributed by atoms with Gasteiger partial charge in [0, 0.05) is 5.92 Å². The van der Waals surface area contributed by atoms with Crippen LogP contribution in [-0.4, -0.2) is 23.1 Å². The molecule has 0 aromatic carbocycles. The summed E-state index contributed by atoms with van der Waals surface area (Å²) in [6.45, 7) is 8.15. The molecule has 13 heavy (non-hydrogen) atoms. The van der Waals surface area contributed by atoms with Crippen molar-refractivity contribution in [2.24, 2.45) is 11.3 Å². The average molecular weight is 186 g/mol. The highest BCUT2D eigenvalue weighted by Gasteiger charge is 2.39. The maximum absolute atomic E-state index is 9.21. The van der Waals surface area contributed by atoms with Gasteiger partial charge in [-0.15, -0.1) is 0 Å². The predicted molar refractivity (Wildman–Crippen MR) is 50.2 cm³/mol. The molecule has 0 aromatic heterocycles. The molecule has 0 unspecified atom stereocenters. The van der Waals surface area contributed by atoms with E-state index in [1.165, 1.54) is 0 Å². The van der Waals surface area contributed by atoms with Crippen molar-refractivity contribution < 1.29 is 15.3 Å². The minimum atomic E-state index is -0.301.